The molecule has 0 saturated carbocycles. The number of nitrogens with zero attached hydrogens (tertiary/aromatic N) is 2. The van der Waals surface area contributed by atoms with Crippen molar-refractivity contribution in [3.63, 3.8) is 0 Å². The van der Waals surface area contributed by atoms with Crippen LogP contribution in [0.4, 0.5) is 11.4 Å². The Hall–Kier alpha value is -3.11. The molecule has 3 aromatic rings. The second-order valence-corrected chi connectivity index (χ2v) is 8.84. The van der Waals surface area contributed by atoms with Gasteiger partial charge in [-0.05, 0) is 35.2 Å². The van der Waals surface area contributed by atoms with Crippen LogP contribution in [0.15, 0.2) is 83.7 Å². The average Bonchev–Trinajstić information content (AvgIpc) is 2.98. The Morgan fingerprint density at radius 1 is 0.844 bits per heavy atom. The van der Waals surface area contributed by atoms with E-state index in [1.54, 1.807) is 0 Å². The minimum Gasteiger partial charge on any atom is -0.378 e. The highest BCUT2D eigenvalue weighted by atomic mass is 16.1. The van der Waals surface area contributed by atoms with Crippen LogP contribution in [0.1, 0.15) is 36.5 Å². The number of hydrogen-bond acceptors (Lipinski definition) is 4. The fourth-order valence-corrected chi connectivity index (χ4v) is 4.18. The quantitative estimate of drug-likeness (QED) is 0.569. The molecule has 1 aliphatic rings. The van der Waals surface area contributed by atoms with E-state index in [2.05, 4.69) is 77.5 Å². The highest BCUT2D eigenvalue weighted by molar-refractivity contribution is 5.49. The lowest BCUT2D eigenvalue weighted by molar-refractivity contribution is 0.249. The van der Waals surface area contributed by atoms with Gasteiger partial charge in [0.2, 0.25) is 5.43 Å². The van der Waals surface area contributed by atoms with Gasteiger partial charge in [0.15, 0.2) is 0 Å². The molecule has 1 heterocycles. The summed E-state index contributed by atoms with van der Waals surface area (Å²) in [5.41, 5.74) is 5.29. The van der Waals surface area contributed by atoms with Crippen molar-refractivity contribution in [1.82, 2.24) is 4.90 Å². The van der Waals surface area contributed by atoms with Crippen molar-refractivity contribution >= 4 is 11.4 Å². The van der Waals surface area contributed by atoms with Crippen molar-refractivity contribution in [1.29, 1.82) is 0 Å². The summed E-state index contributed by atoms with van der Waals surface area (Å²) in [5.74, 6) is 0.362. The molecule has 0 aliphatic carbocycles. The zero-order chi connectivity index (χ0) is 22.3. The van der Waals surface area contributed by atoms with E-state index < -0.39 is 0 Å². The Morgan fingerprint density at radius 2 is 1.50 bits per heavy atom. The van der Waals surface area contributed by atoms with Crippen LogP contribution < -0.4 is 15.6 Å². The zero-order valence-electron chi connectivity index (χ0n) is 19.1. The number of benzene rings is 2. The summed E-state index contributed by atoms with van der Waals surface area (Å²) in [5, 5.41) is 3.41. The van der Waals surface area contributed by atoms with Crippen molar-refractivity contribution in [3.8, 4) is 0 Å². The number of hydrogen-bond donors (Lipinski definition) is 1. The van der Waals surface area contributed by atoms with Gasteiger partial charge in [-0.15, -0.1) is 0 Å². The van der Waals surface area contributed by atoms with E-state index in [4.69, 9.17) is 0 Å². The monoisotopic (exact) mass is 427 g/mol. The van der Waals surface area contributed by atoms with Gasteiger partial charge in [-0.2, -0.15) is 0 Å². The lowest BCUT2D eigenvalue weighted by Gasteiger charge is -2.36. The molecule has 1 aliphatic heterocycles. The van der Waals surface area contributed by atoms with Crippen LogP contribution in [-0.4, -0.2) is 31.1 Å². The maximum absolute atomic E-state index is 13.4. The normalized spacial score (nSPS) is 14.5. The minimum atomic E-state index is 0.110. The van der Waals surface area contributed by atoms with Crippen molar-refractivity contribution in [2.24, 2.45) is 0 Å². The Kier molecular flexibility index (Phi) is 7.23. The van der Waals surface area contributed by atoms with E-state index in [0.717, 1.165) is 31.7 Å². The van der Waals surface area contributed by atoms with Crippen LogP contribution in [0.2, 0.25) is 0 Å². The van der Waals surface area contributed by atoms with Crippen LogP contribution >= 0.6 is 0 Å². The largest absolute Gasteiger partial charge is 0.378 e. The molecule has 0 unspecified atom stereocenters. The third kappa shape index (κ3) is 5.57. The molecule has 0 spiro atoms. The molecular formula is C28H33N3O. The summed E-state index contributed by atoms with van der Waals surface area (Å²) in [6.07, 6.45) is 0. The second-order valence-electron chi connectivity index (χ2n) is 8.84. The van der Waals surface area contributed by atoms with Gasteiger partial charge in [-0.25, -0.2) is 0 Å². The summed E-state index contributed by atoms with van der Waals surface area (Å²) in [6.45, 7) is 9.54. The van der Waals surface area contributed by atoms with Gasteiger partial charge in [0.1, 0.15) is 0 Å². The maximum atomic E-state index is 13.4. The highest BCUT2D eigenvalue weighted by Crippen LogP contribution is 2.19. The molecule has 3 aromatic carbocycles. The number of para-hydroxylation sites is 1. The van der Waals surface area contributed by atoms with Crippen molar-refractivity contribution in [2.45, 2.75) is 32.9 Å². The third-order valence-corrected chi connectivity index (χ3v) is 6.20. The highest BCUT2D eigenvalue weighted by Gasteiger charge is 2.18. The van der Waals surface area contributed by atoms with Crippen LogP contribution in [0, 0.1) is 0 Å². The van der Waals surface area contributed by atoms with Crippen LogP contribution in [-0.2, 0) is 13.1 Å². The van der Waals surface area contributed by atoms with Crippen molar-refractivity contribution < 1.29 is 0 Å². The zero-order valence-corrected chi connectivity index (χ0v) is 19.1. The minimum absolute atomic E-state index is 0.110. The summed E-state index contributed by atoms with van der Waals surface area (Å²) < 4.78 is 0. The molecule has 0 bridgehead atoms. The Bertz CT molecular complexity index is 1060. The maximum Gasteiger partial charge on any atom is 0.206 e. The molecule has 0 aromatic heterocycles. The van der Waals surface area contributed by atoms with Crippen LogP contribution in [0.25, 0.3) is 0 Å². The summed E-state index contributed by atoms with van der Waals surface area (Å²) >= 11 is 0. The standard InChI is InChI=1S/C28H33N3O/c1-22(2)24-13-14-25(28(32)27(19-24)29-20-23-9-5-3-6-10-23)21-30-15-17-31(18-16-30)26-11-7-4-8-12-26/h3-14,19,22H,15-18,20-21H2,1-2H3,(H,29,32). The fourth-order valence-electron chi connectivity index (χ4n) is 4.18. The predicted molar refractivity (Wildman–Crippen MR) is 135 cm³/mol. The van der Waals surface area contributed by atoms with Crippen LogP contribution in [0.3, 0.4) is 0 Å². The summed E-state index contributed by atoms with van der Waals surface area (Å²) in [6, 6.07) is 27.0. The number of nitrogens with one attached hydrogen (secondary N) is 1. The van der Waals surface area contributed by atoms with Gasteiger partial charge in [0.05, 0.1) is 5.69 Å². The van der Waals surface area contributed by atoms with Crippen molar-refractivity contribution in [2.75, 3.05) is 36.4 Å². The van der Waals surface area contributed by atoms with Crippen molar-refractivity contribution in [3.05, 3.63) is 106 Å². The molecule has 4 rings (SSSR count). The second kappa shape index (κ2) is 10.5. The van der Waals surface area contributed by atoms with Crippen LogP contribution in [0.5, 0.6) is 0 Å². The number of piperazine rings is 1. The van der Waals surface area contributed by atoms with E-state index >= 15 is 0 Å². The van der Waals surface area contributed by atoms with Gasteiger partial charge < -0.3 is 10.2 Å². The Labute approximate surface area is 191 Å². The number of rotatable bonds is 7. The first-order chi connectivity index (χ1) is 15.6. The Morgan fingerprint density at radius 3 is 2.16 bits per heavy atom. The van der Waals surface area contributed by atoms with Gasteiger partial charge in [-0.1, -0.05) is 74.5 Å². The molecule has 1 N–H and O–H groups in total. The summed E-state index contributed by atoms with van der Waals surface area (Å²) in [4.78, 5) is 18.2. The van der Waals surface area contributed by atoms with Gasteiger partial charge in [0, 0.05) is 50.5 Å². The molecule has 4 nitrogen and oxygen atoms in total. The average molecular weight is 428 g/mol. The molecule has 166 valence electrons. The molecule has 0 atom stereocenters. The van der Waals surface area contributed by atoms with E-state index in [9.17, 15) is 4.79 Å². The SMILES string of the molecule is CC(C)c1ccc(CN2CCN(c3ccccc3)CC2)c(=O)c(NCc2ccccc2)c1. The molecule has 32 heavy (non-hydrogen) atoms. The van der Waals surface area contributed by atoms with E-state index in [1.165, 1.54) is 16.8 Å². The number of anilines is 2. The first-order valence-corrected chi connectivity index (χ1v) is 11.6. The van der Waals surface area contributed by atoms with Gasteiger partial charge >= 0.3 is 0 Å². The fraction of sp³-hybridized carbons (Fsp3) is 0.321. The smallest absolute Gasteiger partial charge is 0.206 e. The molecule has 0 radical (unpaired) electrons. The van der Waals surface area contributed by atoms with E-state index in [-0.39, 0.29) is 5.43 Å². The van der Waals surface area contributed by atoms with Gasteiger partial charge in [-0.3, -0.25) is 9.69 Å². The topological polar surface area (TPSA) is 35.6 Å². The molecule has 4 heteroatoms. The van der Waals surface area contributed by atoms with E-state index in [1.807, 2.05) is 30.3 Å². The molecule has 1 fully saturated rings. The first kappa shape index (κ1) is 22.1. The lowest BCUT2D eigenvalue weighted by atomic mass is 10.1. The molecule has 1 saturated heterocycles. The lowest BCUT2D eigenvalue weighted by Crippen LogP contribution is -2.46. The Balaban J connectivity index is 1.49. The van der Waals surface area contributed by atoms with E-state index in [0.29, 0.717) is 24.7 Å². The molecular weight excluding hydrogens is 394 g/mol. The molecule has 0 amide bonds. The third-order valence-electron chi connectivity index (χ3n) is 6.20. The first-order valence-electron chi connectivity index (χ1n) is 11.6. The van der Waals surface area contributed by atoms with Gasteiger partial charge in [0.25, 0.3) is 0 Å². The predicted octanol–water partition coefficient (Wildman–Crippen LogP) is 5.10. The summed E-state index contributed by atoms with van der Waals surface area (Å²) in [7, 11) is 0.